The van der Waals surface area contributed by atoms with E-state index < -0.39 is 6.10 Å². The minimum absolute atomic E-state index is 0.0671. The summed E-state index contributed by atoms with van der Waals surface area (Å²) >= 11 is 1.70. The van der Waals surface area contributed by atoms with E-state index in [-0.39, 0.29) is 19.0 Å². The summed E-state index contributed by atoms with van der Waals surface area (Å²) in [5.41, 5.74) is 6.33. The summed E-state index contributed by atoms with van der Waals surface area (Å²) in [4.78, 5) is 15.4. The number of fused-ring (bicyclic) bond motifs is 3. The summed E-state index contributed by atoms with van der Waals surface area (Å²) in [5, 5.41) is 18.5. The largest absolute Gasteiger partial charge is 0.490 e. The molecule has 1 aromatic heterocycles. The normalized spacial score (nSPS) is 21.8. The molecular weight excluding hydrogens is 396 g/mol. The van der Waals surface area contributed by atoms with Crippen LogP contribution in [0.2, 0.25) is 0 Å². The van der Waals surface area contributed by atoms with Crippen molar-refractivity contribution in [2.24, 2.45) is 11.3 Å². The molecule has 2 N–H and O–H groups in total. The highest BCUT2D eigenvalue weighted by atomic mass is 32.1. The molecule has 0 aliphatic heterocycles. The Bertz CT molecular complexity index is 964. The Balaban J connectivity index is 1.43. The summed E-state index contributed by atoms with van der Waals surface area (Å²) < 4.78 is 5.68. The SMILES string of the molecule is Cc1cc(CCC(=O)c2sc(C)c3c2CC2[C@H]3C2(C)C)cc(C)c1OC[C@@H](O)CO. The number of ketones is 1. The third kappa shape index (κ3) is 3.61. The van der Waals surface area contributed by atoms with Gasteiger partial charge < -0.3 is 14.9 Å². The van der Waals surface area contributed by atoms with Gasteiger partial charge in [0.2, 0.25) is 0 Å². The van der Waals surface area contributed by atoms with Crippen LogP contribution >= 0.6 is 11.3 Å². The van der Waals surface area contributed by atoms with Crippen LogP contribution in [0.25, 0.3) is 0 Å². The summed E-state index contributed by atoms with van der Waals surface area (Å²) in [6, 6.07) is 4.12. The van der Waals surface area contributed by atoms with Crippen LogP contribution < -0.4 is 4.74 Å². The maximum absolute atomic E-state index is 13.1. The second-order valence-corrected chi connectivity index (χ2v) is 10.8. The smallest absolute Gasteiger partial charge is 0.173 e. The van der Waals surface area contributed by atoms with Crippen molar-refractivity contribution in [2.45, 2.75) is 65.9 Å². The third-order valence-corrected chi connectivity index (χ3v) is 8.27. The zero-order chi connectivity index (χ0) is 21.8. The number of ether oxygens (including phenoxy) is 1. The fraction of sp³-hybridized carbons (Fsp3) is 0.560. The lowest BCUT2D eigenvalue weighted by Crippen LogP contribution is -2.21. The molecule has 0 amide bonds. The number of thiophene rings is 1. The predicted octanol–water partition coefficient (Wildman–Crippen LogP) is 4.52. The van der Waals surface area contributed by atoms with Crippen molar-refractivity contribution >= 4 is 17.1 Å². The third-order valence-electron chi connectivity index (χ3n) is 7.06. The summed E-state index contributed by atoms with van der Waals surface area (Å²) in [6.07, 6.45) is 1.42. The van der Waals surface area contributed by atoms with Gasteiger partial charge in [-0.25, -0.2) is 0 Å². The molecule has 4 rings (SSSR count). The monoisotopic (exact) mass is 428 g/mol. The van der Waals surface area contributed by atoms with Crippen molar-refractivity contribution in [2.75, 3.05) is 13.2 Å². The van der Waals surface area contributed by atoms with Crippen molar-refractivity contribution in [1.29, 1.82) is 0 Å². The number of rotatable bonds is 8. The fourth-order valence-corrected chi connectivity index (χ4v) is 6.57. The minimum Gasteiger partial charge on any atom is -0.490 e. The van der Waals surface area contributed by atoms with Crippen LogP contribution in [0.5, 0.6) is 5.75 Å². The summed E-state index contributed by atoms with van der Waals surface area (Å²) in [6.45, 7) is 10.6. The van der Waals surface area contributed by atoms with Gasteiger partial charge in [-0.05, 0) is 78.7 Å². The summed E-state index contributed by atoms with van der Waals surface area (Å²) in [5.74, 6) is 2.40. The van der Waals surface area contributed by atoms with Gasteiger partial charge in [0.05, 0.1) is 11.5 Å². The van der Waals surface area contributed by atoms with Crippen molar-refractivity contribution in [3.8, 4) is 5.75 Å². The standard InChI is InChI=1S/C25H32O4S/c1-13-8-16(9-14(2)23(13)29-12-17(27)11-26)6-7-20(28)24-18-10-19-22(25(19,4)5)21(18)15(3)30-24/h8-9,17,19,22,26-27H,6-7,10-12H2,1-5H3/t17-,19?,22+/m0/s1. The Labute approximate surface area is 182 Å². The van der Waals surface area contributed by atoms with Gasteiger partial charge in [0.15, 0.2) is 5.78 Å². The second-order valence-electron chi connectivity index (χ2n) is 9.62. The molecule has 30 heavy (non-hydrogen) atoms. The maximum Gasteiger partial charge on any atom is 0.173 e. The maximum atomic E-state index is 13.1. The molecule has 1 saturated carbocycles. The molecule has 0 bridgehead atoms. The molecule has 162 valence electrons. The fourth-order valence-electron chi connectivity index (χ4n) is 5.37. The number of carbonyl (C=O) groups is 1. The molecule has 2 aliphatic rings. The number of aliphatic hydroxyl groups excluding tert-OH is 2. The van der Waals surface area contributed by atoms with Gasteiger partial charge >= 0.3 is 0 Å². The molecule has 0 saturated heterocycles. The van der Waals surface area contributed by atoms with Crippen LogP contribution in [0.3, 0.4) is 0 Å². The van der Waals surface area contributed by atoms with Crippen LogP contribution in [0, 0.1) is 32.1 Å². The molecule has 1 unspecified atom stereocenters. The Hall–Kier alpha value is -1.69. The van der Waals surface area contributed by atoms with E-state index in [1.165, 1.54) is 16.0 Å². The topological polar surface area (TPSA) is 66.8 Å². The van der Waals surface area contributed by atoms with Crippen LogP contribution in [0.4, 0.5) is 0 Å². The molecule has 2 aromatic rings. The molecule has 0 spiro atoms. The van der Waals surface area contributed by atoms with Gasteiger partial charge in [-0.2, -0.15) is 0 Å². The van der Waals surface area contributed by atoms with Gasteiger partial charge in [-0.1, -0.05) is 26.0 Å². The van der Waals surface area contributed by atoms with Crippen LogP contribution in [-0.4, -0.2) is 35.3 Å². The van der Waals surface area contributed by atoms with Crippen LogP contribution in [-0.2, 0) is 12.8 Å². The Morgan fingerprint density at radius 2 is 1.93 bits per heavy atom. The lowest BCUT2D eigenvalue weighted by Gasteiger charge is -2.16. The van der Waals surface area contributed by atoms with Crippen molar-refractivity contribution in [3.05, 3.63) is 49.7 Å². The molecular formula is C25H32O4S. The molecule has 5 heteroatoms. The highest BCUT2D eigenvalue weighted by Gasteiger charge is 2.63. The quantitative estimate of drug-likeness (QED) is 0.607. The molecule has 2 aliphatic carbocycles. The molecule has 1 fully saturated rings. The zero-order valence-corrected chi connectivity index (χ0v) is 19.4. The van der Waals surface area contributed by atoms with Gasteiger partial charge in [0.25, 0.3) is 0 Å². The Morgan fingerprint density at radius 1 is 1.27 bits per heavy atom. The van der Waals surface area contributed by atoms with E-state index in [9.17, 15) is 9.90 Å². The highest BCUT2D eigenvalue weighted by molar-refractivity contribution is 7.14. The van der Waals surface area contributed by atoms with E-state index >= 15 is 0 Å². The first-order valence-corrected chi connectivity index (χ1v) is 11.6. The first-order chi connectivity index (χ1) is 14.1. The highest BCUT2D eigenvalue weighted by Crippen LogP contribution is 2.71. The average molecular weight is 429 g/mol. The van der Waals surface area contributed by atoms with E-state index in [0.29, 0.717) is 24.2 Å². The number of benzene rings is 1. The van der Waals surface area contributed by atoms with E-state index in [1.807, 2.05) is 13.8 Å². The average Bonchev–Trinajstić information content (AvgIpc) is 3.02. The molecule has 0 radical (unpaired) electrons. The number of aliphatic hydroxyl groups is 2. The van der Waals surface area contributed by atoms with Crippen molar-refractivity contribution < 1.29 is 19.7 Å². The zero-order valence-electron chi connectivity index (χ0n) is 18.5. The Kier molecular flexibility index (Phi) is 5.58. The second kappa shape index (κ2) is 7.77. The molecule has 3 atom stereocenters. The Morgan fingerprint density at radius 3 is 2.57 bits per heavy atom. The van der Waals surface area contributed by atoms with Gasteiger partial charge in [0, 0.05) is 11.3 Å². The predicted molar refractivity (Wildman–Crippen MR) is 120 cm³/mol. The van der Waals surface area contributed by atoms with Gasteiger partial charge in [-0.15, -0.1) is 11.3 Å². The first kappa shape index (κ1) is 21.5. The number of hydrogen-bond acceptors (Lipinski definition) is 5. The molecule has 1 aromatic carbocycles. The summed E-state index contributed by atoms with van der Waals surface area (Å²) in [7, 11) is 0. The molecule has 4 nitrogen and oxygen atoms in total. The first-order valence-electron chi connectivity index (χ1n) is 10.8. The lowest BCUT2D eigenvalue weighted by atomic mass is 9.93. The van der Waals surface area contributed by atoms with Crippen LogP contribution in [0.15, 0.2) is 12.1 Å². The molecule has 1 heterocycles. The van der Waals surface area contributed by atoms with Crippen molar-refractivity contribution in [3.63, 3.8) is 0 Å². The lowest BCUT2D eigenvalue weighted by molar-refractivity contribution is 0.0531. The van der Waals surface area contributed by atoms with Crippen LogP contribution in [0.1, 0.15) is 68.6 Å². The van der Waals surface area contributed by atoms with E-state index in [0.717, 1.165) is 39.7 Å². The number of aryl methyl sites for hydroxylation is 4. The number of Topliss-reactive ketones (excluding diaryl/α,β-unsaturated/α-hetero) is 1. The minimum atomic E-state index is -0.881. The van der Waals surface area contributed by atoms with Crippen molar-refractivity contribution in [1.82, 2.24) is 0 Å². The van der Waals surface area contributed by atoms with Gasteiger partial charge in [0.1, 0.15) is 18.5 Å². The van der Waals surface area contributed by atoms with Gasteiger partial charge in [-0.3, -0.25) is 4.79 Å². The van der Waals surface area contributed by atoms with E-state index in [4.69, 9.17) is 9.84 Å². The van der Waals surface area contributed by atoms with E-state index in [1.54, 1.807) is 11.3 Å². The number of hydrogen-bond donors (Lipinski definition) is 2. The number of carbonyl (C=O) groups excluding carboxylic acids is 1. The van der Waals surface area contributed by atoms with E-state index in [2.05, 4.69) is 32.9 Å².